The number of benzene rings is 2. The van der Waals surface area contributed by atoms with Gasteiger partial charge in [-0.1, -0.05) is 19.1 Å². The van der Waals surface area contributed by atoms with E-state index >= 15 is 0 Å². The molecule has 0 unspecified atom stereocenters. The van der Waals surface area contributed by atoms with Crippen LogP contribution in [0.25, 0.3) is 11.0 Å². The zero-order valence-electron chi connectivity index (χ0n) is 16.8. The number of carbonyl (C=O) groups is 2. The molecule has 1 N–H and O–H groups in total. The summed E-state index contributed by atoms with van der Waals surface area (Å²) in [6, 6.07) is 14.2. The summed E-state index contributed by atoms with van der Waals surface area (Å²) in [4.78, 5) is 27.6. The highest BCUT2D eigenvalue weighted by atomic mass is 16.5. The van der Waals surface area contributed by atoms with Gasteiger partial charge in [0.1, 0.15) is 17.0 Å². The maximum Gasteiger partial charge on any atom is 0.291 e. The number of carbonyl (C=O) groups excluding carboxylic acids is 2. The number of ether oxygens (including phenoxy) is 2. The quantitative estimate of drug-likeness (QED) is 0.668. The predicted octanol–water partition coefficient (Wildman–Crippen LogP) is 3.95. The van der Waals surface area contributed by atoms with Crippen molar-refractivity contribution in [3.8, 4) is 5.75 Å². The molecule has 2 amide bonds. The minimum absolute atomic E-state index is 0.134. The van der Waals surface area contributed by atoms with E-state index in [2.05, 4.69) is 5.32 Å². The van der Waals surface area contributed by atoms with Crippen molar-refractivity contribution in [3.63, 3.8) is 0 Å². The van der Waals surface area contributed by atoms with E-state index in [0.29, 0.717) is 60.9 Å². The summed E-state index contributed by atoms with van der Waals surface area (Å²) in [6.45, 7) is 4.61. The van der Waals surface area contributed by atoms with Crippen LogP contribution < -0.4 is 10.1 Å². The molecule has 0 saturated carbocycles. The lowest BCUT2D eigenvalue weighted by atomic mass is 10.1. The maximum atomic E-state index is 13.1. The van der Waals surface area contributed by atoms with E-state index in [-0.39, 0.29) is 17.6 Å². The normalized spacial score (nSPS) is 14.0. The fraction of sp³-hybridized carbons (Fsp3) is 0.304. The molecule has 0 atom stereocenters. The third-order valence-electron chi connectivity index (χ3n) is 4.92. The van der Waals surface area contributed by atoms with Gasteiger partial charge in [0, 0.05) is 24.0 Å². The van der Waals surface area contributed by atoms with Crippen molar-refractivity contribution in [3.05, 3.63) is 59.9 Å². The van der Waals surface area contributed by atoms with Crippen LogP contribution in [0, 0.1) is 0 Å². The molecular weight excluding hydrogens is 384 g/mol. The molecule has 3 aromatic rings. The number of hydrogen-bond acceptors (Lipinski definition) is 5. The summed E-state index contributed by atoms with van der Waals surface area (Å²) >= 11 is 0. The van der Waals surface area contributed by atoms with Crippen molar-refractivity contribution in [2.75, 3.05) is 38.2 Å². The van der Waals surface area contributed by atoms with Gasteiger partial charge in [0.15, 0.2) is 0 Å². The van der Waals surface area contributed by atoms with E-state index in [1.807, 2.05) is 25.1 Å². The fourth-order valence-corrected chi connectivity index (χ4v) is 3.34. The fourth-order valence-electron chi connectivity index (χ4n) is 3.34. The van der Waals surface area contributed by atoms with E-state index in [1.165, 1.54) is 0 Å². The minimum Gasteiger partial charge on any atom is -0.494 e. The molecule has 0 bridgehead atoms. The monoisotopic (exact) mass is 408 g/mol. The molecule has 1 aromatic heterocycles. The third kappa shape index (κ3) is 4.16. The van der Waals surface area contributed by atoms with Gasteiger partial charge in [-0.05, 0) is 42.8 Å². The van der Waals surface area contributed by atoms with Crippen LogP contribution >= 0.6 is 0 Å². The Kier molecular flexibility index (Phi) is 5.99. The molecule has 30 heavy (non-hydrogen) atoms. The van der Waals surface area contributed by atoms with Gasteiger partial charge in [-0.15, -0.1) is 0 Å². The van der Waals surface area contributed by atoms with Gasteiger partial charge >= 0.3 is 0 Å². The molecular formula is C23H24N2O5. The van der Waals surface area contributed by atoms with Crippen LogP contribution in [0.3, 0.4) is 0 Å². The first-order valence-corrected chi connectivity index (χ1v) is 10.1. The number of nitrogens with zero attached hydrogens (tertiary/aromatic N) is 1. The maximum absolute atomic E-state index is 13.1. The van der Waals surface area contributed by atoms with Crippen LogP contribution in [0.15, 0.2) is 52.9 Å². The Bertz CT molecular complexity index is 1040. The van der Waals surface area contributed by atoms with Gasteiger partial charge in [0.25, 0.3) is 11.8 Å². The van der Waals surface area contributed by atoms with Crippen LogP contribution in [-0.4, -0.2) is 49.6 Å². The van der Waals surface area contributed by atoms with E-state index < -0.39 is 0 Å². The highest BCUT2D eigenvalue weighted by Crippen LogP contribution is 2.32. The van der Waals surface area contributed by atoms with Gasteiger partial charge in [0.2, 0.25) is 5.76 Å². The molecule has 0 radical (unpaired) electrons. The zero-order chi connectivity index (χ0) is 20.9. The minimum atomic E-state index is -0.320. The zero-order valence-corrected chi connectivity index (χ0v) is 16.8. The molecule has 4 rings (SSSR count). The van der Waals surface area contributed by atoms with Gasteiger partial charge in [-0.25, -0.2) is 0 Å². The molecule has 156 valence electrons. The molecule has 1 aliphatic heterocycles. The summed E-state index contributed by atoms with van der Waals surface area (Å²) in [5.41, 5.74) is 1.40. The molecule has 2 aromatic carbocycles. The summed E-state index contributed by atoms with van der Waals surface area (Å²) in [6.07, 6.45) is 0.912. The summed E-state index contributed by atoms with van der Waals surface area (Å²) in [7, 11) is 0. The summed E-state index contributed by atoms with van der Waals surface area (Å²) in [5, 5.41) is 3.57. The number of morpholine rings is 1. The molecule has 0 aliphatic carbocycles. The van der Waals surface area contributed by atoms with E-state index in [0.717, 1.165) is 6.42 Å². The van der Waals surface area contributed by atoms with Gasteiger partial charge in [0.05, 0.1) is 19.8 Å². The van der Waals surface area contributed by atoms with Crippen molar-refractivity contribution in [2.45, 2.75) is 13.3 Å². The lowest BCUT2D eigenvalue weighted by Crippen LogP contribution is -2.40. The molecule has 2 heterocycles. The number of anilines is 1. The Balaban J connectivity index is 1.61. The first-order chi connectivity index (χ1) is 14.7. The molecule has 1 saturated heterocycles. The Hall–Kier alpha value is -3.32. The SMILES string of the molecule is CCCOc1ccc(C(=O)Nc2c(C(=O)N3CCOCC3)oc3ccccc23)cc1. The van der Waals surface area contributed by atoms with Crippen LogP contribution in [0.1, 0.15) is 34.3 Å². The molecule has 7 heteroatoms. The predicted molar refractivity (Wildman–Crippen MR) is 113 cm³/mol. The lowest BCUT2D eigenvalue weighted by Gasteiger charge is -2.26. The van der Waals surface area contributed by atoms with Crippen molar-refractivity contribution in [1.29, 1.82) is 0 Å². The molecule has 1 fully saturated rings. The second-order valence-electron chi connectivity index (χ2n) is 7.03. The van der Waals surface area contributed by atoms with Crippen molar-refractivity contribution in [1.82, 2.24) is 4.90 Å². The van der Waals surface area contributed by atoms with Crippen molar-refractivity contribution in [2.24, 2.45) is 0 Å². The Labute approximate surface area is 174 Å². The molecule has 1 aliphatic rings. The van der Waals surface area contributed by atoms with E-state index in [9.17, 15) is 9.59 Å². The Morgan fingerprint density at radius 2 is 1.80 bits per heavy atom. The Morgan fingerprint density at radius 1 is 1.07 bits per heavy atom. The summed E-state index contributed by atoms with van der Waals surface area (Å²) < 4.78 is 16.7. The molecule has 0 spiro atoms. The second kappa shape index (κ2) is 9.00. The van der Waals surface area contributed by atoms with E-state index in [4.69, 9.17) is 13.9 Å². The smallest absolute Gasteiger partial charge is 0.291 e. The lowest BCUT2D eigenvalue weighted by molar-refractivity contribution is 0.0285. The van der Waals surface area contributed by atoms with Gasteiger partial charge in [-0.3, -0.25) is 9.59 Å². The van der Waals surface area contributed by atoms with Crippen LogP contribution in [-0.2, 0) is 4.74 Å². The second-order valence-corrected chi connectivity index (χ2v) is 7.03. The van der Waals surface area contributed by atoms with Crippen molar-refractivity contribution >= 4 is 28.5 Å². The topological polar surface area (TPSA) is 81.0 Å². The number of hydrogen-bond donors (Lipinski definition) is 1. The van der Waals surface area contributed by atoms with Crippen LogP contribution in [0.2, 0.25) is 0 Å². The van der Waals surface area contributed by atoms with E-state index in [1.54, 1.807) is 35.2 Å². The van der Waals surface area contributed by atoms with Crippen molar-refractivity contribution < 1.29 is 23.5 Å². The average molecular weight is 408 g/mol. The Morgan fingerprint density at radius 3 is 2.53 bits per heavy atom. The number of nitrogens with one attached hydrogen (secondary N) is 1. The summed E-state index contributed by atoms with van der Waals surface area (Å²) in [5.74, 6) is 0.271. The van der Waals surface area contributed by atoms with Crippen LogP contribution in [0.5, 0.6) is 5.75 Å². The van der Waals surface area contributed by atoms with Crippen LogP contribution in [0.4, 0.5) is 5.69 Å². The molecule has 7 nitrogen and oxygen atoms in total. The van der Waals surface area contributed by atoms with Gasteiger partial charge in [-0.2, -0.15) is 0 Å². The number of amides is 2. The highest BCUT2D eigenvalue weighted by molar-refractivity contribution is 6.14. The number of furan rings is 1. The number of fused-ring (bicyclic) bond motifs is 1. The number of para-hydroxylation sites is 1. The van der Waals surface area contributed by atoms with Gasteiger partial charge < -0.3 is 24.1 Å². The number of rotatable bonds is 6. The largest absolute Gasteiger partial charge is 0.494 e. The first-order valence-electron chi connectivity index (χ1n) is 10.1. The standard InChI is InChI=1S/C23H24N2O5/c1-2-13-29-17-9-7-16(8-10-17)22(26)24-20-18-5-3-4-6-19(18)30-21(20)23(27)25-11-14-28-15-12-25/h3-10H,2,11-15H2,1H3,(H,24,26). The first kappa shape index (κ1) is 20.0. The third-order valence-corrected chi connectivity index (χ3v) is 4.92. The average Bonchev–Trinajstić information content (AvgIpc) is 3.16. The highest BCUT2D eigenvalue weighted by Gasteiger charge is 2.27.